The molecule has 7 nitrogen and oxygen atoms in total. The summed E-state index contributed by atoms with van der Waals surface area (Å²) in [5.41, 5.74) is 0.567. The molecule has 3 rings (SSSR count). The Bertz CT molecular complexity index is 1030. The third-order valence-electron chi connectivity index (χ3n) is 3.81. The number of halogens is 2. The van der Waals surface area contributed by atoms with E-state index in [2.05, 4.69) is 5.32 Å². The van der Waals surface area contributed by atoms with Crippen molar-refractivity contribution in [3.05, 3.63) is 85.8 Å². The summed E-state index contributed by atoms with van der Waals surface area (Å²) in [6.07, 6.45) is 0. The van der Waals surface area contributed by atoms with Crippen LogP contribution in [0.2, 0.25) is 10.0 Å². The van der Waals surface area contributed by atoms with Crippen LogP contribution >= 0.6 is 23.2 Å². The molecule has 0 radical (unpaired) electrons. The number of nitro groups is 1. The van der Waals surface area contributed by atoms with Crippen LogP contribution in [0.3, 0.4) is 0 Å². The summed E-state index contributed by atoms with van der Waals surface area (Å²) >= 11 is 11.9. The highest BCUT2D eigenvalue weighted by atomic mass is 35.5. The third-order valence-corrected chi connectivity index (χ3v) is 4.35. The van der Waals surface area contributed by atoms with E-state index in [4.69, 9.17) is 32.4 Å². The average Bonchev–Trinajstić information content (AvgIpc) is 3.12. The van der Waals surface area contributed by atoms with Gasteiger partial charge in [0, 0.05) is 11.1 Å². The minimum atomic E-state index is -0.634. The molecule has 0 spiro atoms. The molecule has 9 heteroatoms. The fraction of sp³-hybridized carbons (Fsp3) is 0.105. The van der Waals surface area contributed by atoms with E-state index in [9.17, 15) is 14.9 Å². The summed E-state index contributed by atoms with van der Waals surface area (Å²) in [5, 5.41) is 14.2. The number of aryl methyl sites for hydroxylation is 1. The zero-order valence-corrected chi connectivity index (χ0v) is 16.1. The number of nitrogens with zero attached hydrogens (tertiary/aromatic N) is 1. The van der Waals surface area contributed by atoms with Crippen molar-refractivity contribution in [2.24, 2.45) is 0 Å². The van der Waals surface area contributed by atoms with E-state index in [1.807, 2.05) is 19.1 Å². The van der Waals surface area contributed by atoms with Gasteiger partial charge in [-0.05, 0) is 42.8 Å². The van der Waals surface area contributed by atoms with Crippen LogP contribution in [0.4, 0.5) is 11.4 Å². The molecule has 0 aliphatic heterocycles. The molecule has 0 unspecified atom stereocenters. The monoisotopic (exact) mass is 420 g/mol. The highest BCUT2D eigenvalue weighted by Crippen LogP contribution is 2.30. The van der Waals surface area contributed by atoms with E-state index in [1.54, 1.807) is 12.1 Å². The summed E-state index contributed by atoms with van der Waals surface area (Å²) in [4.78, 5) is 22.8. The van der Waals surface area contributed by atoms with E-state index in [1.165, 1.54) is 18.2 Å². The van der Waals surface area contributed by atoms with E-state index in [0.29, 0.717) is 16.5 Å². The maximum atomic E-state index is 12.3. The van der Waals surface area contributed by atoms with Gasteiger partial charge in [0.2, 0.25) is 0 Å². The van der Waals surface area contributed by atoms with Crippen LogP contribution in [-0.2, 0) is 6.61 Å². The molecule has 0 atom stereocenters. The summed E-state index contributed by atoms with van der Waals surface area (Å²) in [5.74, 6) is 0.280. The van der Waals surface area contributed by atoms with Gasteiger partial charge >= 0.3 is 0 Å². The van der Waals surface area contributed by atoms with Gasteiger partial charge in [0.05, 0.1) is 9.95 Å². The van der Waals surface area contributed by atoms with E-state index in [-0.39, 0.29) is 28.8 Å². The number of para-hydroxylation sites is 1. The van der Waals surface area contributed by atoms with E-state index in [0.717, 1.165) is 11.6 Å². The fourth-order valence-corrected chi connectivity index (χ4v) is 2.91. The molecule has 3 aromatic rings. The number of hydrogen-bond acceptors (Lipinski definition) is 5. The van der Waals surface area contributed by atoms with Gasteiger partial charge in [-0.3, -0.25) is 14.9 Å². The summed E-state index contributed by atoms with van der Waals surface area (Å²) in [7, 11) is 0. The molecule has 0 fully saturated rings. The number of carbonyl (C=O) groups is 1. The first-order valence-corrected chi connectivity index (χ1v) is 8.82. The van der Waals surface area contributed by atoms with Crippen LogP contribution in [0.15, 0.2) is 52.9 Å². The van der Waals surface area contributed by atoms with Crippen LogP contribution in [0.1, 0.15) is 21.9 Å². The van der Waals surface area contributed by atoms with Gasteiger partial charge in [0.15, 0.2) is 5.76 Å². The number of nitrogens with one attached hydrogen (secondary N) is 1. The minimum absolute atomic E-state index is 0.0142. The van der Waals surface area contributed by atoms with Gasteiger partial charge in [0.25, 0.3) is 11.6 Å². The van der Waals surface area contributed by atoms with Crippen molar-refractivity contribution in [3.63, 3.8) is 0 Å². The predicted molar refractivity (Wildman–Crippen MR) is 105 cm³/mol. The second-order valence-corrected chi connectivity index (χ2v) is 6.66. The Morgan fingerprint density at radius 2 is 2.00 bits per heavy atom. The lowest BCUT2D eigenvalue weighted by molar-refractivity contribution is -0.383. The second kappa shape index (κ2) is 8.33. The quantitative estimate of drug-likeness (QED) is 0.411. The topological polar surface area (TPSA) is 94.6 Å². The van der Waals surface area contributed by atoms with Crippen LogP contribution < -0.4 is 10.1 Å². The Balaban J connectivity index is 1.70. The lowest BCUT2D eigenvalue weighted by Gasteiger charge is -2.09. The Kier molecular flexibility index (Phi) is 5.87. The molecule has 28 heavy (non-hydrogen) atoms. The first kappa shape index (κ1) is 19.7. The van der Waals surface area contributed by atoms with E-state index < -0.39 is 10.8 Å². The van der Waals surface area contributed by atoms with E-state index >= 15 is 0 Å². The van der Waals surface area contributed by atoms with Crippen LogP contribution in [-0.4, -0.2) is 10.8 Å². The molecule has 1 amide bonds. The third kappa shape index (κ3) is 4.44. The van der Waals surface area contributed by atoms with Crippen molar-refractivity contribution in [1.82, 2.24) is 0 Å². The number of furan rings is 1. The van der Waals surface area contributed by atoms with Crippen LogP contribution in [0.25, 0.3) is 0 Å². The largest absolute Gasteiger partial charge is 0.484 e. The van der Waals surface area contributed by atoms with Crippen molar-refractivity contribution in [1.29, 1.82) is 0 Å². The number of nitro benzene ring substituents is 1. The summed E-state index contributed by atoms with van der Waals surface area (Å²) in [6, 6.07) is 12.4. The number of anilines is 1. The summed E-state index contributed by atoms with van der Waals surface area (Å²) in [6.45, 7) is 1.93. The highest BCUT2D eigenvalue weighted by molar-refractivity contribution is 6.32. The molecule has 0 aliphatic rings. The number of ether oxygens (including phenoxy) is 1. The second-order valence-electron chi connectivity index (χ2n) is 5.81. The van der Waals surface area contributed by atoms with Crippen molar-refractivity contribution in [2.75, 3.05) is 5.32 Å². The maximum absolute atomic E-state index is 12.3. The molecule has 0 aliphatic carbocycles. The first-order valence-electron chi connectivity index (χ1n) is 8.07. The standard InChI is InChI=1S/C19H14Cl2N2O5/c1-11-3-2-4-14(21)18(11)27-10-13-6-8-17(28-13)19(24)22-15-7-5-12(20)9-16(15)23(25)26/h2-9H,10H2,1H3,(H,22,24). The number of benzene rings is 2. The Morgan fingerprint density at radius 1 is 1.21 bits per heavy atom. The van der Waals surface area contributed by atoms with Gasteiger partial charge in [-0.15, -0.1) is 0 Å². The fourth-order valence-electron chi connectivity index (χ4n) is 2.47. The molecule has 0 saturated carbocycles. The molecule has 144 valence electrons. The zero-order valence-electron chi connectivity index (χ0n) is 14.6. The minimum Gasteiger partial charge on any atom is -0.484 e. The number of hydrogen-bond donors (Lipinski definition) is 1. The van der Waals surface area contributed by atoms with Crippen molar-refractivity contribution < 1.29 is 18.9 Å². The lowest BCUT2D eigenvalue weighted by atomic mass is 10.2. The predicted octanol–water partition coefficient (Wildman–Crippen LogP) is 5.63. The SMILES string of the molecule is Cc1cccc(Cl)c1OCc1ccc(C(=O)Nc2ccc(Cl)cc2[N+](=O)[O-])o1. The first-order chi connectivity index (χ1) is 13.3. The molecule has 1 heterocycles. The molecule has 0 bridgehead atoms. The molecule has 0 saturated heterocycles. The van der Waals surface area contributed by atoms with Gasteiger partial charge in [0.1, 0.15) is 23.8 Å². The smallest absolute Gasteiger partial charge is 0.294 e. The molecular formula is C19H14Cl2N2O5. The van der Waals surface area contributed by atoms with Crippen molar-refractivity contribution in [2.45, 2.75) is 13.5 Å². The molecular weight excluding hydrogens is 407 g/mol. The Labute approximate surface area is 170 Å². The van der Waals surface area contributed by atoms with Crippen LogP contribution in [0, 0.1) is 17.0 Å². The number of carbonyl (C=O) groups excluding carboxylic acids is 1. The van der Waals surface area contributed by atoms with Gasteiger partial charge in [-0.2, -0.15) is 0 Å². The molecule has 1 N–H and O–H groups in total. The Hall–Kier alpha value is -3.03. The number of rotatable bonds is 6. The normalized spacial score (nSPS) is 10.5. The average molecular weight is 421 g/mol. The zero-order chi connectivity index (χ0) is 20.3. The maximum Gasteiger partial charge on any atom is 0.294 e. The van der Waals surface area contributed by atoms with Gasteiger partial charge in [-0.25, -0.2) is 0 Å². The van der Waals surface area contributed by atoms with Gasteiger partial charge < -0.3 is 14.5 Å². The highest BCUT2D eigenvalue weighted by Gasteiger charge is 2.19. The molecule has 2 aromatic carbocycles. The lowest BCUT2D eigenvalue weighted by Crippen LogP contribution is -2.12. The van der Waals surface area contributed by atoms with Crippen LogP contribution in [0.5, 0.6) is 5.75 Å². The Morgan fingerprint density at radius 3 is 2.71 bits per heavy atom. The van der Waals surface area contributed by atoms with Gasteiger partial charge in [-0.1, -0.05) is 35.3 Å². The van der Waals surface area contributed by atoms with Crippen molar-refractivity contribution in [3.8, 4) is 5.75 Å². The molecule has 1 aromatic heterocycles. The number of amides is 1. The summed E-state index contributed by atoms with van der Waals surface area (Å²) < 4.78 is 11.1. The van der Waals surface area contributed by atoms with Crippen molar-refractivity contribution >= 4 is 40.5 Å².